The zero-order chi connectivity index (χ0) is 19.1. The van der Waals surface area contributed by atoms with Crippen LogP contribution in [-0.2, 0) is 14.3 Å². The Morgan fingerprint density at radius 2 is 1.77 bits per heavy atom. The van der Waals surface area contributed by atoms with Crippen molar-refractivity contribution in [3.8, 4) is 5.75 Å². The first-order valence-electron chi connectivity index (χ1n) is 8.29. The van der Waals surface area contributed by atoms with Gasteiger partial charge in [0.05, 0.1) is 0 Å². The Labute approximate surface area is 152 Å². The summed E-state index contributed by atoms with van der Waals surface area (Å²) in [5.74, 6) is -0.668. The van der Waals surface area contributed by atoms with Crippen molar-refractivity contribution in [3.63, 3.8) is 0 Å². The van der Waals surface area contributed by atoms with E-state index in [2.05, 4.69) is 5.32 Å². The van der Waals surface area contributed by atoms with E-state index in [1.807, 2.05) is 39.0 Å². The minimum atomic E-state index is -0.643. The molecule has 6 heteroatoms. The van der Waals surface area contributed by atoms with Crippen LogP contribution in [0.15, 0.2) is 42.5 Å². The van der Waals surface area contributed by atoms with E-state index < -0.39 is 24.3 Å². The summed E-state index contributed by atoms with van der Waals surface area (Å²) < 4.78 is 23.3. The first kappa shape index (κ1) is 19.4. The molecule has 1 amide bonds. The number of aryl methyl sites for hydroxylation is 1. The molecule has 2 aromatic carbocycles. The predicted octanol–water partition coefficient (Wildman–Crippen LogP) is 3.82. The Kier molecular flexibility index (Phi) is 6.72. The first-order chi connectivity index (χ1) is 12.3. The third-order valence-corrected chi connectivity index (χ3v) is 3.63. The molecule has 0 bridgehead atoms. The maximum Gasteiger partial charge on any atom is 0.344 e. The number of rotatable bonds is 7. The van der Waals surface area contributed by atoms with Gasteiger partial charge in [0, 0.05) is 5.69 Å². The average Bonchev–Trinajstić information content (AvgIpc) is 2.60. The molecular formula is C20H22FNO4. The summed E-state index contributed by atoms with van der Waals surface area (Å²) >= 11 is 0. The summed E-state index contributed by atoms with van der Waals surface area (Å²) in [6, 6.07) is 11.1. The van der Waals surface area contributed by atoms with Gasteiger partial charge in [0.15, 0.2) is 13.2 Å². The van der Waals surface area contributed by atoms with Gasteiger partial charge in [-0.25, -0.2) is 9.18 Å². The summed E-state index contributed by atoms with van der Waals surface area (Å²) in [4.78, 5) is 23.5. The van der Waals surface area contributed by atoms with E-state index in [1.165, 1.54) is 24.3 Å². The van der Waals surface area contributed by atoms with Crippen LogP contribution in [0.5, 0.6) is 5.75 Å². The van der Waals surface area contributed by atoms with E-state index in [4.69, 9.17) is 9.47 Å². The zero-order valence-corrected chi connectivity index (χ0v) is 15.0. The number of ether oxygens (including phenoxy) is 2. The second-order valence-electron chi connectivity index (χ2n) is 6.20. The number of anilines is 1. The molecule has 0 saturated heterocycles. The van der Waals surface area contributed by atoms with Gasteiger partial charge >= 0.3 is 5.97 Å². The maximum absolute atomic E-state index is 12.8. The molecule has 0 radical (unpaired) electrons. The molecule has 0 atom stereocenters. The summed E-state index contributed by atoms with van der Waals surface area (Å²) in [6.07, 6.45) is 0. The highest BCUT2D eigenvalue weighted by Gasteiger charge is 2.12. The molecule has 2 rings (SSSR count). The van der Waals surface area contributed by atoms with Crippen LogP contribution in [0.1, 0.15) is 30.9 Å². The van der Waals surface area contributed by atoms with Crippen LogP contribution in [0, 0.1) is 12.7 Å². The molecule has 0 saturated carbocycles. The topological polar surface area (TPSA) is 64.6 Å². The maximum atomic E-state index is 12.8. The Morgan fingerprint density at radius 1 is 1.08 bits per heavy atom. The zero-order valence-electron chi connectivity index (χ0n) is 15.0. The summed E-state index contributed by atoms with van der Waals surface area (Å²) in [7, 11) is 0. The summed E-state index contributed by atoms with van der Waals surface area (Å²) in [5.41, 5.74) is 2.44. The van der Waals surface area contributed by atoms with E-state index in [9.17, 15) is 14.0 Å². The van der Waals surface area contributed by atoms with Gasteiger partial charge in [-0.15, -0.1) is 0 Å². The van der Waals surface area contributed by atoms with Gasteiger partial charge in [0.25, 0.3) is 5.91 Å². The number of benzene rings is 2. The highest BCUT2D eigenvalue weighted by molar-refractivity contribution is 5.92. The van der Waals surface area contributed by atoms with Crippen LogP contribution in [0.2, 0.25) is 0 Å². The number of hydrogen-bond acceptors (Lipinski definition) is 4. The number of nitrogens with one attached hydrogen (secondary N) is 1. The van der Waals surface area contributed by atoms with Crippen molar-refractivity contribution in [1.29, 1.82) is 0 Å². The van der Waals surface area contributed by atoms with E-state index in [0.29, 0.717) is 11.4 Å². The van der Waals surface area contributed by atoms with Crippen LogP contribution in [-0.4, -0.2) is 25.1 Å². The van der Waals surface area contributed by atoms with Crippen molar-refractivity contribution in [2.45, 2.75) is 26.7 Å². The Hall–Kier alpha value is -2.89. The number of amides is 1. The summed E-state index contributed by atoms with van der Waals surface area (Å²) in [6.45, 7) is 5.29. The van der Waals surface area contributed by atoms with E-state index in [0.717, 1.165) is 11.1 Å². The molecule has 0 unspecified atom stereocenters. The van der Waals surface area contributed by atoms with Crippen LogP contribution in [0.25, 0.3) is 0 Å². The largest absolute Gasteiger partial charge is 0.482 e. The molecule has 0 aliphatic carbocycles. The minimum absolute atomic E-state index is 0.253. The van der Waals surface area contributed by atoms with Gasteiger partial charge in [-0.05, 0) is 54.3 Å². The second kappa shape index (κ2) is 8.99. The molecule has 5 nitrogen and oxygen atoms in total. The van der Waals surface area contributed by atoms with E-state index in [1.54, 1.807) is 0 Å². The number of carbonyl (C=O) groups is 2. The number of esters is 1. The SMILES string of the molecule is Cc1ccc(C(C)C)c(OCC(=O)OCC(=O)Nc2ccc(F)cc2)c1. The van der Waals surface area contributed by atoms with Crippen molar-refractivity contribution in [1.82, 2.24) is 0 Å². The number of carbonyl (C=O) groups excluding carboxylic acids is 2. The molecule has 1 N–H and O–H groups in total. The van der Waals surface area contributed by atoms with Crippen molar-refractivity contribution in [2.75, 3.05) is 18.5 Å². The van der Waals surface area contributed by atoms with Crippen LogP contribution >= 0.6 is 0 Å². The van der Waals surface area contributed by atoms with E-state index in [-0.39, 0.29) is 12.5 Å². The molecule has 0 fully saturated rings. The van der Waals surface area contributed by atoms with Crippen molar-refractivity contribution in [2.24, 2.45) is 0 Å². The fourth-order valence-corrected chi connectivity index (χ4v) is 2.30. The predicted molar refractivity (Wildman–Crippen MR) is 96.8 cm³/mol. The standard InChI is InChI=1S/C20H22FNO4/c1-13(2)17-9-4-14(3)10-18(17)25-12-20(24)26-11-19(23)22-16-7-5-15(21)6-8-16/h4-10,13H,11-12H2,1-3H3,(H,22,23). The monoisotopic (exact) mass is 359 g/mol. The Balaban J connectivity index is 1.81. The lowest BCUT2D eigenvalue weighted by atomic mass is 10.0. The van der Waals surface area contributed by atoms with Crippen LogP contribution < -0.4 is 10.1 Å². The average molecular weight is 359 g/mol. The first-order valence-corrected chi connectivity index (χ1v) is 8.29. The van der Waals surface area contributed by atoms with Crippen LogP contribution in [0.3, 0.4) is 0 Å². The smallest absolute Gasteiger partial charge is 0.344 e. The second-order valence-corrected chi connectivity index (χ2v) is 6.20. The molecule has 0 aromatic heterocycles. The molecule has 2 aromatic rings. The van der Waals surface area contributed by atoms with Crippen LogP contribution in [0.4, 0.5) is 10.1 Å². The number of halogens is 1. The molecule has 0 aliphatic rings. The van der Waals surface area contributed by atoms with Crippen molar-refractivity contribution >= 4 is 17.6 Å². The molecule has 0 spiro atoms. The molecule has 0 heterocycles. The Bertz CT molecular complexity index is 772. The van der Waals surface area contributed by atoms with Gasteiger partial charge in [-0.3, -0.25) is 4.79 Å². The fourth-order valence-electron chi connectivity index (χ4n) is 2.30. The van der Waals surface area contributed by atoms with Gasteiger partial charge in [0.2, 0.25) is 0 Å². The fraction of sp³-hybridized carbons (Fsp3) is 0.300. The summed E-state index contributed by atoms with van der Waals surface area (Å²) in [5, 5.41) is 2.51. The highest BCUT2D eigenvalue weighted by Crippen LogP contribution is 2.27. The Morgan fingerprint density at radius 3 is 2.42 bits per heavy atom. The highest BCUT2D eigenvalue weighted by atomic mass is 19.1. The quantitative estimate of drug-likeness (QED) is 0.764. The minimum Gasteiger partial charge on any atom is -0.482 e. The molecule has 0 aliphatic heterocycles. The molecule has 26 heavy (non-hydrogen) atoms. The van der Waals surface area contributed by atoms with Gasteiger partial charge in [0.1, 0.15) is 11.6 Å². The van der Waals surface area contributed by atoms with E-state index >= 15 is 0 Å². The van der Waals surface area contributed by atoms with Gasteiger partial charge < -0.3 is 14.8 Å². The lowest BCUT2D eigenvalue weighted by Crippen LogP contribution is -2.23. The van der Waals surface area contributed by atoms with Crippen molar-refractivity contribution < 1.29 is 23.5 Å². The van der Waals surface area contributed by atoms with Gasteiger partial charge in [-0.1, -0.05) is 26.0 Å². The normalized spacial score (nSPS) is 10.5. The lowest BCUT2D eigenvalue weighted by Gasteiger charge is -2.14. The molecular weight excluding hydrogens is 337 g/mol. The third kappa shape index (κ3) is 5.88. The third-order valence-electron chi connectivity index (χ3n) is 3.63. The van der Waals surface area contributed by atoms with Crippen molar-refractivity contribution in [3.05, 3.63) is 59.4 Å². The number of hydrogen-bond donors (Lipinski definition) is 1. The lowest BCUT2D eigenvalue weighted by molar-refractivity contribution is -0.149. The molecule has 138 valence electrons. The van der Waals surface area contributed by atoms with Gasteiger partial charge in [-0.2, -0.15) is 0 Å².